The summed E-state index contributed by atoms with van der Waals surface area (Å²) in [5.41, 5.74) is 1.30. The lowest BCUT2D eigenvalue weighted by molar-refractivity contribution is -0.384. The Morgan fingerprint density at radius 2 is 1.67 bits per heavy atom. The van der Waals surface area contributed by atoms with Crippen LogP contribution >= 0.6 is 0 Å². The highest BCUT2D eigenvalue weighted by Gasteiger charge is 2.32. The third kappa shape index (κ3) is 6.51. The fourth-order valence-corrected chi connectivity index (χ4v) is 3.49. The van der Waals surface area contributed by atoms with Gasteiger partial charge in [-0.2, -0.15) is 0 Å². The number of esters is 1. The van der Waals surface area contributed by atoms with E-state index >= 15 is 0 Å². The SMILES string of the molecule is CCCCC(C(=O)OCCC)[C@H](CC(=O)c1ccccc1)c1ccc([N+](=O)[O-])cc1. The number of carbonyl (C=O) groups excluding carboxylic acids is 2. The molecule has 160 valence electrons. The van der Waals surface area contributed by atoms with E-state index in [4.69, 9.17) is 4.74 Å². The van der Waals surface area contributed by atoms with Crippen LogP contribution in [-0.2, 0) is 9.53 Å². The lowest BCUT2D eigenvalue weighted by Crippen LogP contribution is -2.27. The summed E-state index contributed by atoms with van der Waals surface area (Å²) in [6.07, 6.45) is 3.20. The largest absolute Gasteiger partial charge is 0.465 e. The molecule has 0 N–H and O–H groups in total. The maximum atomic E-state index is 13.0. The third-order valence-corrected chi connectivity index (χ3v) is 5.14. The normalized spacial score (nSPS) is 12.7. The molecule has 0 aliphatic heterocycles. The summed E-state index contributed by atoms with van der Waals surface area (Å²) >= 11 is 0. The topological polar surface area (TPSA) is 86.5 Å². The van der Waals surface area contributed by atoms with Crippen molar-refractivity contribution in [1.82, 2.24) is 0 Å². The van der Waals surface area contributed by atoms with E-state index in [1.807, 2.05) is 19.9 Å². The van der Waals surface area contributed by atoms with Crippen molar-refractivity contribution in [1.29, 1.82) is 0 Å². The molecule has 1 unspecified atom stereocenters. The molecule has 2 aromatic carbocycles. The number of nitro groups is 1. The van der Waals surface area contributed by atoms with Gasteiger partial charge in [0.05, 0.1) is 17.4 Å². The van der Waals surface area contributed by atoms with E-state index in [0.717, 1.165) is 24.8 Å². The van der Waals surface area contributed by atoms with E-state index < -0.39 is 16.8 Å². The average Bonchev–Trinajstić information content (AvgIpc) is 2.77. The minimum atomic E-state index is -0.481. The van der Waals surface area contributed by atoms with Gasteiger partial charge >= 0.3 is 5.97 Å². The van der Waals surface area contributed by atoms with Gasteiger partial charge in [-0.25, -0.2) is 0 Å². The zero-order chi connectivity index (χ0) is 21.9. The molecule has 6 heteroatoms. The molecule has 0 spiro atoms. The second-order valence-electron chi connectivity index (χ2n) is 7.36. The first-order valence-electron chi connectivity index (χ1n) is 10.5. The molecule has 0 heterocycles. The Kier molecular flexibility index (Phi) is 9.19. The summed E-state index contributed by atoms with van der Waals surface area (Å²) in [5.74, 6) is -1.27. The first-order chi connectivity index (χ1) is 14.5. The lowest BCUT2D eigenvalue weighted by Gasteiger charge is -2.26. The molecule has 0 saturated carbocycles. The Balaban J connectivity index is 2.38. The number of ether oxygens (including phenoxy) is 1. The molecule has 0 bridgehead atoms. The van der Waals surface area contributed by atoms with Crippen LogP contribution in [0.4, 0.5) is 5.69 Å². The smallest absolute Gasteiger partial charge is 0.309 e. The predicted molar refractivity (Wildman–Crippen MR) is 115 cm³/mol. The van der Waals surface area contributed by atoms with Gasteiger partial charge in [-0.05, 0) is 18.4 Å². The molecule has 0 fully saturated rings. The molecular weight excluding hydrogens is 382 g/mol. The Morgan fingerprint density at radius 1 is 1.00 bits per heavy atom. The number of nitro benzene ring substituents is 1. The summed E-state index contributed by atoms with van der Waals surface area (Å²) in [6.45, 7) is 4.31. The fraction of sp³-hybridized carbons (Fsp3) is 0.417. The van der Waals surface area contributed by atoms with Crippen LogP contribution < -0.4 is 0 Å². The molecule has 0 saturated heterocycles. The Morgan fingerprint density at radius 3 is 2.23 bits per heavy atom. The minimum absolute atomic E-state index is 0.0226. The number of benzene rings is 2. The van der Waals surface area contributed by atoms with Crippen LogP contribution in [0, 0.1) is 16.0 Å². The van der Waals surface area contributed by atoms with E-state index in [2.05, 4.69) is 0 Å². The molecular formula is C24H29NO5. The summed E-state index contributed by atoms with van der Waals surface area (Å²) < 4.78 is 5.44. The molecule has 2 atom stereocenters. The monoisotopic (exact) mass is 411 g/mol. The summed E-state index contributed by atoms with van der Waals surface area (Å²) in [5, 5.41) is 11.0. The predicted octanol–water partition coefficient (Wildman–Crippen LogP) is 5.71. The molecule has 2 rings (SSSR count). The second-order valence-corrected chi connectivity index (χ2v) is 7.36. The maximum absolute atomic E-state index is 13.0. The second kappa shape index (κ2) is 11.9. The quantitative estimate of drug-likeness (QED) is 0.193. The number of non-ortho nitro benzene ring substituents is 1. The van der Waals surface area contributed by atoms with Crippen LogP contribution in [0.5, 0.6) is 0 Å². The van der Waals surface area contributed by atoms with Crippen LogP contribution in [0.25, 0.3) is 0 Å². The highest BCUT2D eigenvalue weighted by molar-refractivity contribution is 5.96. The Bertz CT molecular complexity index is 832. The van der Waals surface area contributed by atoms with Crippen molar-refractivity contribution in [2.45, 2.75) is 51.9 Å². The van der Waals surface area contributed by atoms with Crippen molar-refractivity contribution < 1.29 is 19.2 Å². The van der Waals surface area contributed by atoms with E-state index in [1.54, 1.807) is 36.4 Å². The highest BCUT2D eigenvalue weighted by Crippen LogP contribution is 2.35. The molecule has 2 aromatic rings. The molecule has 0 aliphatic carbocycles. The highest BCUT2D eigenvalue weighted by atomic mass is 16.6. The number of hydrogen-bond acceptors (Lipinski definition) is 5. The number of hydrogen-bond donors (Lipinski definition) is 0. The van der Waals surface area contributed by atoms with Gasteiger partial charge in [0, 0.05) is 30.0 Å². The van der Waals surface area contributed by atoms with Crippen LogP contribution in [-0.4, -0.2) is 23.3 Å². The standard InChI is InChI=1S/C24H29NO5/c1-3-5-11-21(24(27)30-16-4-2)22(17-23(26)19-9-7-6-8-10-19)18-12-14-20(15-13-18)25(28)29/h6-10,12-15,21-22H,3-5,11,16-17H2,1-2H3/t21?,22-/m1/s1. The number of carbonyl (C=O) groups is 2. The lowest BCUT2D eigenvalue weighted by atomic mass is 9.79. The van der Waals surface area contributed by atoms with E-state index in [1.165, 1.54) is 12.1 Å². The molecule has 0 aliphatic rings. The number of nitrogens with zero attached hydrogens (tertiary/aromatic N) is 1. The van der Waals surface area contributed by atoms with Crippen molar-refractivity contribution in [2.75, 3.05) is 6.61 Å². The van der Waals surface area contributed by atoms with Crippen molar-refractivity contribution in [3.63, 3.8) is 0 Å². The summed E-state index contributed by atoms with van der Waals surface area (Å²) in [7, 11) is 0. The van der Waals surface area contributed by atoms with Crippen molar-refractivity contribution >= 4 is 17.4 Å². The van der Waals surface area contributed by atoms with E-state index in [0.29, 0.717) is 18.6 Å². The first-order valence-corrected chi connectivity index (χ1v) is 10.5. The van der Waals surface area contributed by atoms with E-state index in [9.17, 15) is 19.7 Å². The molecule has 0 radical (unpaired) electrons. The molecule has 0 amide bonds. The van der Waals surface area contributed by atoms with Gasteiger partial charge in [0.1, 0.15) is 0 Å². The van der Waals surface area contributed by atoms with Crippen molar-refractivity contribution in [2.24, 2.45) is 5.92 Å². The van der Waals surface area contributed by atoms with E-state index in [-0.39, 0.29) is 23.9 Å². The number of unbranched alkanes of at least 4 members (excludes halogenated alkanes) is 1. The van der Waals surface area contributed by atoms with Gasteiger partial charge in [-0.3, -0.25) is 19.7 Å². The zero-order valence-electron chi connectivity index (χ0n) is 17.6. The van der Waals surface area contributed by atoms with Gasteiger partial charge in [-0.15, -0.1) is 0 Å². The summed E-state index contributed by atoms with van der Waals surface area (Å²) in [4.78, 5) is 36.4. The number of Topliss-reactive ketones (excluding diaryl/α,β-unsaturated/α-hetero) is 1. The van der Waals surface area contributed by atoms with Gasteiger partial charge in [0.2, 0.25) is 0 Å². The van der Waals surface area contributed by atoms with Crippen LogP contribution in [0.1, 0.15) is 67.8 Å². The fourth-order valence-electron chi connectivity index (χ4n) is 3.49. The van der Waals surface area contributed by atoms with Gasteiger partial charge in [-0.1, -0.05) is 69.2 Å². The Hall–Kier alpha value is -3.02. The molecule has 6 nitrogen and oxygen atoms in total. The maximum Gasteiger partial charge on any atom is 0.309 e. The molecule has 0 aromatic heterocycles. The number of rotatable bonds is 12. The van der Waals surface area contributed by atoms with Gasteiger partial charge in [0.15, 0.2) is 5.78 Å². The third-order valence-electron chi connectivity index (χ3n) is 5.14. The number of ketones is 1. The van der Waals surface area contributed by atoms with Crippen molar-refractivity contribution in [3.8, 4) is 0 Å². The van der Waals surface area contributed by atoms with Crippen molar-refractivity contribution in [3.05, 3.63) is 75.8 Å². The van der Waals surface area contributed by atoms with Gasteiger partial charge in [0.25, 0.3) is 5.69 Å². The average molecular weight is 411 g/mol. The Labute approximate surface area is 177 Å². The van der Waals surface area contributed by atoms with Crippen LogP contribution in [0.3, 0.4) is 0 Å². The van der Waals surface area contributed by atoms with Crippen LogP contribution in [0.2, 0.25) is 0 Å². The van der Waals surface area contributed by atoms with Gasteiger partial charge < -0.3 is 4.74 Å². The zero-order valence-corrected chi connectivity index (χ0v) is 17.6. The summed E-state index contributed by atoms with van der Waals surface area (Å²) in [6, 6.07) is 15.1. The first kappa shape index (κ1) is 23.3. The van der Waals surface area contributed by atoms with Crippen LogP contribution in [0.15, 0.2) is 54.6 Å². The molecule has 30 heavy (non-hydrogen) atoms. The minimum Gasteiger partial charge on any atom is -0.465 e.